The average Bonchev–Trinajstić information content (AvgIpc) is 2.87. The van der Waals surface area contributed by atoms with Crippen molar-refractivity contribution >= 4 is 11.9 Å². The van der Waals surface area contributed by atoms with Crippen LogP contribution in [0, 0.1) is 0 Å². The molecule has 106 valence electrons. The lowest BCUT2D eigenvalue weighted by atomic mass is 10.2. The van der Waals surface area contributed by atoms with E-state index in [1.54, 1.807) is 17.9 Å². The number of benzene rings is 1. The standard InChI is InChI=1S/C14H18N4O2/c1-3-20-11(2)13(19)16-14-15-10-18(17-14)9-12-7-5-4-6-8-12/h4-8,10-11H,3,9H2,1-2H3,(H,16,17,19)/t11-/m1/s1. The van der Waals surface area contributed by atoms with E-state index in [1.165, 1.54) is 0 Å². The van der Waals surface area contributed by atoms with Crippen molar-refractivity contribution in [3.63, 3.8) is 0 Å². The van der Waals surface area contributed by atoms with E-state index in [2.05, 4.69) is 15.4 Å². The minimum atomic E-state index is -0.513. The number of amides is 1. The van der Waals surface area contributed by atoms with Gasteiger partial charge in [0.15, 0.2) is 0 Å². The zero-order valence-electron chi connectivity index (χ0n) is 11.6. The van der Waals surface area contributed by atoms with Gasteiger partial charge in [-0.2, -0.15) is 0 Å². The van der Waals surface area contributed by atoms with Crippen LogP contribution in [-0.4, -0.2) is 33.4 Å². The fourth-order valence-electron chi connectivity index (χ4n) is 1.74. The quantitative estimate of drug-likeness (QED) is 0.870. The molecular formula is C14H18N4O2. The Balaban J connectivity index is 1.94. The molecule has 20 heavy (non-hydrogen) atoms. The smallest absolute Gasteiger partial charge is 0.255 e. The SMILES string of the molecule is CCO[C@H](C)C(=O)Nc1ncn(Cc2ccccc2)n1. The zero-order valence-corrected chi connectivity index (χ0v) is 11.6. The average molecular weight is 274 g/mol. The van der Waals surface area contributed by atoms with Crippen molar-refractivity contribution in [2.45, 2.75) is 26.5 Å². The van der Waals surface area contributed by atoms with Gasteiger partial charge in [-0.15, -0.1) is 5.10 Å². The molecule has 1 aromatic carbocycles. The summed E-state index contributed by atoms with van der Waals surface area (Å²) in [5, 5.41) is 6.83. The molecule has 0 bridgehead atoms. The van der Waals surface area contributed by atoms with Gasteiger partial charge in [0.25, 0.3) is 5.91 Å². The number of carbonyl (C=O) groups is 1. The third kappa shape index (κ3) is 3.89. The lowest BCUT2D eigenvalue weighted by Crippen LogP contribution is -2.28. The zero-order chi connectivity index (χ0) is 14.4. The van der Waals surface area contributed by atoms with E-state index in [0.717, 1.165) is 5.56 Å². The summed E-state index contributed by atoms with van der Waals surface area (Å²) >= 11 is 0. The first-order valence-electron chi connectivity index (χ1n) is 6.55. The Labute approximate surface area is 117 Å². The number of rotatable bonds is 6. The summed E-state index contributed by atoms with van der Waals surface area (Å²) in [5.41, 5.74) is 1.12. The highest BCUT2D eigenvalue weighted by molar-refractivity contribution is 5.92. The highest BCUT2D eigenvalue weighted by Crippen LogP contribution is 2.04. The lowest BCUT2D eigenvalue weighted by Gasteiger charge is -2.09. The Kier molecular flexibility index (Phi) is 4.84. The van der Waals surface area contributed by atoms with Crippen LogP contribution in [0.3, 0.4) is 0 Å². The molecule has 0 aliphatic heterocycles. The van der Waals surface area contributed by atoms with Crippen molar-refractivity contribution in [2.75, 3.05) is 11.9 Å². The van der Waals surface area contributed by atoms with E-state index >= 15 is 0 Å². The Morgan fingerprint density at radius 3 is 2.85 bits per heavy atom. The number of hydrogen-bond donors (Lipinski definition) is 1. The van der Waals surface area contributed by atoms with Gasteiger partial charge >= 0.3 is 0 Å². The van der Waals surface area contributed by atoms with Crippen LogP contribution in [0.1, 0.15) is 19.4 Å². The number of nitrogens with one attached hydrogen (secondary N) is 1. The summed E-state index contributed by atoms with van der Waals surface area (Å²) in [7, 11) is 0. The summed E-state index contributed by atoms with van der Waals surface area (Å²) < 4.78 is 6.88. The van der Waals surface area contributed by atoms with Crippen LogP contribution in [0.4, 0.5) is 5.95 Å². The minimum Gasteiger partial charge on any atom is -0.369 e. The normalized spacial score (nSPS) is 12.1. The van der Waals surface area contributed by atoms with Crippen LogP contribution in [0.15, 0.2) is 36.7 Å². The maximum Gasteiger partial charge on any atom is 0.255 e. The van der Waals surface area contributed by atoms with Crippen LogP contribution >= 0.6 is 0 Å². The number of hydrogen-bond acceptors (Lipinski definition) is 4. The molecule has 1 amide bonds. The Morgan fingerprint density at radius 2 is 2.15 bits per heavy atom. The molecule has 0 spiro atoms. The maximum absolute atomic E-state index is 11.7. The van der Waals surface area contributed by atoms with Crippen molar-refractivity contribution in [1.29, 1.82) is 0 Å². The highest BCUT2D eigenvalue weighted by Gasteiger charge is 2.14. The molecule has 0 aliphatic rings. The maximum atomic E-state index is 11.7. The van der Waals surface area contributed by atoms with E-state index in [0.29, 0.717) is 13.2 Å². The molecule has 0 aliphatic carbocycles. The van der Waals surface area contributed by atoms with E-state index in [-0.39, 0.29) is 11.9 Å². The second-order valence-electron chi connectivity index (χ2n) is 4.34. The molecule has 6 nitrogen and oxygen atoms in total. The van der Waals surface area contributed by atoms with Gasteiger partial charge in [0, 0.05) is 6.61 Å². The molecule has 2 rings (SSSR count). The predicted molar refractivity (Wildman–Crippen MR) is 75.3 cm³/mol. The Morgan fingerprint density at radius 1 is 1.40 bits per heavy atom. The molecule has 1 heterocycles. The number of aromatic nitrogens is 3. The van der Waals surface area contributed by atoms with Gasteiger partial charge in [0.2, 0.25) is 5.95 Å². The molecule has 1 N–H and O–H groups in total. The van der Waals surface area contributed by atoms with Gasteiger partial charge in [-0.1, -0.05) is 30.3 Å². The molecule has 0 saturated heterocycles. The van der Waals surface area contributed by atoms with Crippen LogP contribution in [0.5, 0.6) is 0 Å². The van der Waals surface area contributed by atoms with Crippen molar-refractivity contribution in [2.24, 2.45) is 0 Å². The van der Waals surface area contributed by atoms with Gasteiger partial charge in [0.05, 0.1) is 6.54 Å². The van der Waals surface area contributed by atoms with Gasteiger partial charge in [-0.25, -0.2) is 9.67 Å². The van der Waals surface area contributed by atoms with Gasteiger partial charge in [0.1, 0.15) is 12.4 Å². The van der Waals surface area contributed by atoms with E-state index in [9.17, 15) is 4.79 Å². The largest absolute Gasteiger partial charge is 0.369 e. The fraction of sp³-hybridized carbons (Fsp3) is 0.357. The second-order valence-corrected chi connectivity index (χ2v) is 4.34. The van der Waals surface area contributed by atoms with Crippen LogP contribution in [-0.2, 0) is 16.1 Å². The van der Waals surface area contributed by atoms with Crippen molar-refractivity contribution in [3.8, 4) is 0 Å². The molecule has 0 unspecified atom stereocenters. The number of ether oxygens (including phenoxy) is 1. The van der Waals surface area contributed by atoms with Gasteiger partial charge < -0.3 is 4.74 Å². The summed E-state index contributed by atoms with van der Waals surface area (Å²) in [6, 6.07) is 9.93. The Hall–Kier alpha value is -2.21. The third-order valence-corrected chi connectivity index (χ3v) is 2.74. The molecule has 2 aromatic rings. The van der Waals surface area contributed by atoms with Crippen molar-refractivity contribution in [3.05, 3.63) is 42.2 Å². The van der Waals surface area contributed by atoms with E-state index < -0.39 is 6.10 Å². The number of anilines is 1. The van der Waals surface area contributed by atoms with Gasteiger partial charge in [-0.05, 0) is 19.4 Å². The van der Waals surface area contributed by atoms with E-state index in [4.69, 9.17) is 4.74 Å². The second kappa shape index (κ2) is 6.81. The molecule has 0 fully saturated rings. The van der Waals surface area contributed by atoms with Crippen molar-refractivity contribution < 1.29 is 9.53 Å². The summed E-state index contributed by atoms with van der Waals surface area (Å²) in [5.74, 6) is 0.0433. The number of carbonyl (C=O) groups excluding carboxylic acids is 1. The first-order valence-corrected chi connectivity index (χ1v) is 6.55. The topological polar surface area (TPSA) is 69.0 Å². The minimum absolute atomic E-state index is 0.246. The lowest BCUT2D eigenvalue weighted by molar-refractivity contribution is -0.126. The molecule has 1 aromatic heterocycles. The third-order valence-electron chi connectivity index (χ3n) is 2.74. The first kappa shape index (κ1) is 14.2. The first-order chi connectivity index (χ1) is 9.69. The van der Waals surface area contributed by atoms with E-state index in [1.807, 2.05) is 37.3 Å². The molecule has 0 radical (unpaired) electrons. The highest BCUT2D eigenvalue weighted by atomic mass is 16.5. The molecule has 6 heteroatoms. The summed E-state index contributed by atoms with van der Waals surface area (Å²) in [4.78, 5) is 15.8. The van der Waals surface area contributed by atoms with Crippen molar-refractivity contribution in [1.82, 2.24) is 14.8 Å². The predicted octanol–water partition coefficient (Wildman–Crippen LogP) is 1.69. The van der Waals surface area contributed by atoms with Gasteiger partial charge in [-0.3, -0.25) is 10.1 Å². The molecule has 0 saturated carbocycles. The molecule has 1 atom stereocenters. The summed E-state index contributed by atoms with van der Waals surface area (Å²) in [6.07, 6.45) is 1.08. The Bertz CT molecular complexity index is 553. The monoisotopic (exact) mass is 274 g/mol. The van der Waals surface area contributed by atoms with Crippen LogP contribution in [0.25, 0.3) is 0 Å². The number of nitrogens with zero attached hydrogens (tertiary/aromatic N) is 3. The summed E-state index contributed by atoms with van der Waals surface area (Å²) in [6.45, 7) is 4.64. The van der Waals surface area contributed by atoms with Crippen LogP contribution < -0.4 is 5.32 Å². The fourth-order valence-corrected chi connectivity index (χ4v) is 1.74. The van der Waals surface area contributed by atoms with Crippen LogP contribution in [0.2, 0.25) is 0 Å². The molecular weight excluding hydrogens is 256 g/mol.